The Bertz CT molecular complexity index is 562. The van der Waals surface area contributed by atoms with Crippen LogP contribution in [0.15, 0.2) is 18.2 Å². The number of carbonyl (C=O) groups is 1. The van der Waals surface area contributed by atoms with Crippen molar-refractivity contribution in [3.63, 3.8) is 0 Å². The van der Waals surface area contributed by atoms with E-state index in [9.17, 15) is 4.79 Å². The predicted molar refractivity (Wildman–Crippen MR) is 89.2 cm³/mol. The van der Waals surface area contributed by atoms with Crippen molar-refractivity contribution >= 4 is 11.5 Å². The summed E-state index contributed by atoms with van der Waals surface area (Å²) in [5, 5.41) is 12.4. The van der Waals surface area contributed by atoms with Crippen LogP contribution in [0, 0.1) is 11.3 Å². The maximum absolute atomic E-state index is 11.7. The zero-order valence-corrected chi connectivity index (χ0v) is 13.6. The van der Waals surface area contributed by atoms with Gasteiger partial charge in [0.2, 0.25) is 0 Å². The van der Waals surface area contributed by atoms with Crippen LogP contribution in [0.2, 0.25) is 0 Å². The Morgan fingerprint density at radius 2 is 2.27 bits per heavy atom. The maximum Gasteiger partial charge on any atom is 0.161 e. The van der Waals surface area contributed by atoms with Crippen molar-refractivity contribution in [3.05, 3.63) is 29.3 Å². The molecule has 0 spiro atoms. The zero-order chi connectivity index (χ0) is 15.9. The fourth-order valence-corrected chi connectivity index (χ4v) is 3.22. The van der Waals surface area contributed by atoms with Crippen LogP contribution in [0.1, 0.15) is 55.5 Å². The van der Waals surface area contributed by atoms with Gasteiger partial charge in [-0.1, -0.05) is 13.3 Å². The van der Waals surface area contributed by atoms with Gasteiger partial charge < -0.3 is 5.32 Å². The number of Topliss-reactive ketones (excluding diaryl/α,β-unsaturated/α-hetero) is 1. The van der Waals surface area contributed by atoms with E-state index < -0.39 is 0 Å². The molecule has 0 aliphatic carbocycles. The van der Waals surface area contributed by atoms with Crippen molar-refractivity contribution in [2.45, 2.75) is 45.6 Å². The van der Waals surface area contributed by atoms with Crippen LogP contribution in [0.5, 0.6) is 0 Å². The minimum Gasteiger partial charge on any atom is -0.383 e. The topological polar surface area (TPSA) is 56.1 Å². The van der Waals surface area contributed by atoms with Crippen molar-refractivity contribution in [2.24, 2.45) is 0 Å². The number of piperidine rings is 1. The molecule has 1 aromatic carbocycles. The zero-order valence-electron chi connectivity index (χ0n) is 13.6. The van der Waals surface area contributed by atoms with Crippen LogP contribution in [0.25, 0.3) is 0 Å². The molecule has 1 N–H and O–H groups in total. The fraction of sp³-hybridized carbons (Fsp3) is 0.556. The van der Waals surface area contributed by atoms with Crippen molar-refractivity contribution in [1.82, 2.24) is 4.90 Å². The summed E-state index contributed by atoms with van der Waals surface area (Å²) in [6.45, 7) is 6.75. The Balaban J connectivity index is 1.98. The Labute approximate surface area is 133 Å². The highest BCUT2D eigenvalue weighted by Crippen LogP contribution is 2.20. The molecule has 4 heteroatoms. The molecular weight excluding hydrogens is 274 g/mol. The van der Waals surface area contributed by atoms with Gasteiger partial charge in [0, 0.05) is 30.4 Å². The minimum absolute atomic E-state index is 0.0244. The summed E-state index contributed by atoms with van der Waals surface area (Å²) in [5.41, 5.74) is 2.01. The molecule has 1 unspecified atom stereocenters. The SMILES string of the molecule is CCC1CCCCN1CCNc1cc(C#N)ccc1C(C)=O. The lowest BCUT2D eigenvalue weighted by molar-refractivity contribution is 0.101. The third-order valence-corrected chi connectivity index (χ3v) is 4.46. The van der Waals surface area contributed by atoms with Crippen LogP contribution in [-0.4, -0.2) is 36.4 Å². The highest BCUT2D eigenvalue weighted by Gasteiger charge is 2.20. The number of benzene rings is 1. The van der Waals surface area contributed by atoms with E-state index in [-0.39, 0.29) is 5.78 Å². The summed E-state index contributed by atoms with van der Waals surface area (Å²) in [4.78, 5) is 14.2. The Hall–Kier alpha value is -1.86. The first-order valence-electron chi connectivity index (χ1n) is 8.18. The van der Waals surface area contributed by atoms with Gasteiger partial charge in [-0.05, 0) is 50.9 Å². The standard InChI is InChI=1S/C18H25N3O/c1-3-16-6-4-5-10-21(16)11-9-20-18-12-15(13-19)7-8-17(18)14(2)22/h7-8,12,16,20H,3-6,9-11H2,1-2H3. The van der Waals surface area contributed by atoms with E-state index in [0.29, 0.717) is 17.2 Å². The van der Waals surface area contributed by atoms with Gasteiger partial charge in [-0.3, -0.25) is 9.69 Å². The molecule has 4 nitrogen and oxygen atoms in total. The van der Waals surface area contributed by atoms with E-state index in [1.54, 1.807) is 25.1 Å². The monoisotopic (exact) mass is 299 g/mol. The van der Waals surface area contributed by atoms with E-state index >= 15 is 0 Å². The fourth-order valence-electron chi connectivity index (χ4n) is 3.22. The lowest BCUT2D eigenvalue weighted by atomic mass is 10.00. The molecule has 1 fully saturated rings. The molecule has 1 aliphatic rings. The van der Waals surface area contributed by atoms with Crippen molar-refractivity contribution in [2.75, 3.05) is 25.0 Å². The number of hydrogen-bond acceptors (Lipinski definition) is 4. The predicted octanol–water partition coefficient (Wildman–Crippen LogP) is 3.44. The summed E-state index contributed by atoms with van der Waals surface area (Å²) in [5.74, 6) is 0.0244. The quantitative estimate of drug-likeness (QED) is 0.818. The molecule has 1 aliphatic heterocycles. The lowest BCUT2D eigenvalue weighted by Gasteiger charge is -2.35. The first-order chi connectivity index (χ1) is 10.7. The molecule has 118 valence electrons. The molecule has 0 saturated carbocycles. The molecule has 0 amide bonds. The highest BCUT2D eigenvalue weighted by atomic mass is 16.1. The number of nitrogens with one attached hydrogen (secondary N) is 1. The Kier molecular flexibility index (Phi) is 5.97. The van der Waals surface area contributed by atoms with Gasteiger partial charge in [-0.2, -0.15) is 5.26 Å². The molecule has 0 bridgehead atoms. The average Bonchev–Trinajstić information content (AvgIpc) is 2.55. The summed E-state index contributed by atoms with van der Waals surface area (Å²) in [7, 11) is 0. The molecule has 0 aromatic heterocycles. The Morgan fingerprint density at radius 1 is 1.45 bits per heavy atom. The minimum atomic E-state index is 0.0244. The van der Waals surface area contributed by atoms with Crippen LogP contribution in [-0.2, 0) is 0 Å². The van der Waals surface area contributed by atoms with Crippen LogP contribution < -0.4 is 5.32 Å². The lowest BCUT2D eigenvalue weighted by Crippen LogP contribution is -2.41. The summed E-state index contributed by atoms with van der Waals surface area (Å²) in [6.07, 6.45) is 5.10. The van der Waals surface area contributed by atoms with Gasteiger partial charge >= 0.3 is 0 Å². The molecule has 22 heavy (non-hydrogen) atoms. The summed E-state index contributed by atoms with van der Waals surface area (Å²) >= 11 is 0. The normalized spacial score (nSPS) is 18.7. The second-order valence-electron chi connectivity index (χ2n) is 5.95. The summed E-state index contributed by atoms with van der Waals surface area (Å²) < 4.78 is 0. The molecule has 0 radical (unpaired) electrons. The van der Waals surface area contributed by atoms with Gasteiger partial charge in [-0.15, -0.1) is 0 Å². The van der Waals surface area contributed by atoms with Gasteiger partial charge in [0.1, 0.15) is 0 Å². The van der Waals surface area contributed by atoms with Gasteiger partial charge in [0.25, 0.3) is 0 Å². The largest absolute Gasteiger partial charge is 0.383 e. The number of hydrogen-bond donors (Lipinski definition) is 1. The molecule has 2 rings (SSSR count). The van der Waals surface area contributed by atoms with E-state index in [2.05, 4.69) is 23.2 Å². The van der Waals surface area contributed by atoms with E-state index in [1.807, 2.05) is 0 Å². The number of rotatable bonds is 6. The number of nitriles is 1. The van der Waals surface area contributed by atoms with Crippen LogP contribution in [0.4, 0.5) is 5.69 Å². The molecular formula is C18H25N3O. The molecule has 1 aromatic rings. The highest BCUT2D eigenvalue weighted by molar-refractivity contribution is 5.99. The van der Waals surface area contributed by atoms with Crippen LogP contribution >= 0.6 is 0 Å². The van der Waals surface area contributed by atoms with Gasteiger partial charge in [0.15, 0.2) is 5.78 Å². The molecule has 1 atom stereocenters. The second-order valence-corrected chi connectivity index (χ2v) is 5.95. The van der Waals surface area contributed by atoms with E-state index in [4.69, 9.17) is 5.26 Å². The number of likely N-dealkylation sites (tertiary alicyclic amines) is 1. The van der Waals surface area contributed by atoms with Crippen LogP contribution in [0.3, 0.4) is 0 Å². The molecule has 1 heterocycles. The third kappa shape index (κ3) is 4.08. The maximum atomic E-state index is 11.7. The second kappa shape index (κ2) is 7.95. The summed E-state index contributed by atoms with van der Waals surface area (Å²) in [6, 6.07) is 8.01. The van der Waals surface area contributed by atoms with Gasteiger partial charge in [-0.25, -0.2) is 0 Å². The van der Waals surface area contributed by atoms with Crippen molar-refractivity contribution in [1.29, 1.82) is 5.26 Å². The smallest absolute Gasteiger partial charge is 0.161 e. The number of carbonyl (C=O) groups excluding carboxylic acids is 1. The molecule has 1 saturated heterocycles. The average molecular weight is 299 g/mol. The van der Waals surface area contributed by atoms with Crippen molar-refractivity contribution in [3.8, 4) is 6.07 Å². The number of nitrogens with zero attached hydrogens (tertiary/aromatic N) is 2. The van der Waals surface area contributed by atoms with Crippen molar-refractivity contribution < 1.29 is 4.79 Å². The number of anilines is 1. The number of ketones is 1. The first kappa shape index (κ1) is 16.5. The van der Waals surface area contributed by atoms with E-state index in [1.165, 1.54) is 25.7 Å². The first-order valence-corrected chi connectivity index (χ1v) is 8.18. The Morgan fingerprint density at radius 3 is 2.95 bits per heavy atom. The van der Waals surface area contributed by atoms with E-state index in [0.717, 1.165) is 25.3 Å². The van der Waals surface area contributed by atoms with Gasteiger partial charge in [0.05, 0.1) is 11.6 Å². The third-order valence-electron chi connectivity index (χ3n) is 4.46.